The van der Waals surface area contributed by atoms with Crippen molar-refractivity contribution in [3.8, 4) is 5.75 Å². The highest BCUT2D eigenvalue weighted by Gasteiger charge is 2.22. The molecule has 1 aliphatic rings. The summed E-state index contributed by atoms with van der Waals surface area (Å²) < 4.78 is 6.08. The van der Waals surface area contributed by atoms with Crippen molar-refractivity contribution in [2.45, 2.75) is 58.1 Å². The lowest BCUT2D eigenvalue weighted by atomic mass is 9.85. The van der Waals surface area contributed by atoms with Crippen LogP contribution >= 0.6 is 11.6 Å². The summed E-state index contributed by atoms with van der Waals surface area (Å²) in [6.07, 6.45) is 6.54. The average Bonchev–Trinajstić information content (AvgIpc) is 2.38. The van der Waals surface area contributed by atoms with Gasteiger partial charge in [0, 0.05) is 11.1 Å². The predicted molar refractivity (Wildman–Crippen MR) is 80.7 cm³/mol. The third-order valence-corrected chi connectivity index (χ3v) is 4.40. The van der Waals surface area contributed by atoms with Gasteiger partial charge >= 0.3 is 0 Å². The van der Waals surface area contributed by atoms with Crippen molar-refractivity contribution in [3.05, 3.63) is 28.8 Å². The highest BCUT2D eigenvalue weighted by atomic mass is 35.5. The molecule has 3 unspecified atom stereocenters. The molecule has 19 heavy (non-hydrogen) atoms. The zero-order chi connectivity index (χ0) is 13.8. The summed E-state index contributed by atoms with van der Waals surface area (Å²) in [7, 11) is 0. The van der Waals surface area contributed by atoms with Crippen LogP contribution in [0.15, 0.2) is 18.2 Å². The Kier molecular flexibility index (Phi) is 5.12. The summed E-state index contributed by atoms with van der Waals surface area (Å²) in [6.45, 7) is 4.20. The van der Waals surface area contributed by atoms with Gasteiger partial charge in [0.15, 0.2) is 0 Å². The molecular weight excluding hydrogens is 258 g/mol. The third-order valence-electron chi connectivity index (χ3n) is 4.08. The van der Waals surface area contributed by atoms with Crippen molar-refractivity contribution in [2.75, 3.05) is 0 Å². The highest BCUT2D eigenvalue weighted by molar-refractivity contribution is 6.31. The van der Waals surface area contributed by atoms with Crippen molar-refractivity contribution in [1.29, 1.82) is 0 Å². The first-order valence-electron chi connectivity index (χ1n) is 7.31. The van der Waals surface area contributed by atoms with Gasteiger partial charge in [-0.05, 0) is 49.8 Å². The Balaban J connectivity index is 2.01. The number of halogens is 1. The van der Waals surface area contributed by atoms with Crippen molar-refractivity contribution >= 4 is 11.6 Å². The van der Waals surface area contributed by atoms with Gasteiger partial charge in [0.25, 0.3) is 0 Å². The molecule has 2 nitrogen and oxygen atoms in total. The molecule has 1 aromatic rings. The van der Waals surface area contributed by atoms with E-state index in [1.807, 2.05) is 25.1 Å². The maximum atomic E-state index is 6.24. The van der Waals surface area contributed by atoms with E-state index < -0.39 is 0 Å². The largest absolute Gasteiger partial charge is 0.490 e. The molecule has 1 aliphatic carbocycles. The average molecular weight is 282 g/mol. The molecule has 2 rings (SSSR count). The predicted octanol–water partition coefficient (Wildman–Crippen LogP) is 4.71. The van der Waals surface area contributed by atoms with E-state index in [0.717, 1.165) is 23.7 Å². The van der Waals surface area contributed by atoms with Gasteiger partial charge in [0.1, 0.15) is 5.75 Å². The number of rotatable bonds is 4. The van der Waals surface area contributed by atoms with Crippen LogP contribution in [-0.2, 0) is 0 Å². The van der Waals surface area contributed by atoms with Crippen LogP contribution < -0.4 is 10.5 Å². The maximum Gasteiger partial charge on any atom is 0.121 e. The second kappa shape index (κ2) is 6.62. The number of hydrogen-bond acceptors (Lipinski definition) is 2. The molecule has 0 heterocycles. The van der Waals surface area contributed by atoms with Crippen molar-refractivity contribution in [3.63, 3.8) is 0 Å². The van der Waals surface area contributed by atoms with Crippen LogP contribution in [0, 0.1) is 5.92 Å². The molecule has 0 saturated heterocycles. The monoisotopic (exact) mass is 281 g/mol. The number of hydrogen-bond donors (Lipinski definition) is 1. The van der Waals surface area contributed by atoms with Crippen LogP contribution in [0.1, 0.15) is 57.6 Å². The first-order chi connectivity index (χ1) is 9.10. The fourth-order valence-electron chi connectivity index (χ4n) is 2.86. The van der Waals surface area contributed by atoms with Crippen LogP contribution in [0.5, 0.6) is 5.75 Å². The van der Waals surface area contributed by atoms with Crippen LogP contribution in [-0.4, -0.2) is 6.10 Å². The van der Waals surface area contributed by atoms with Gasteiger partial charge in [-0.3, -0.25) is 0 Å². The molecule has 1 aromatic carbocycles. The number of nitrogens with two attached hydrogens (primary N) is 1. The van der Waals surface area contributed by atoms with E-state index in [9.17, 15) is 0 Å². The molecule has 1 fully saturated rings. The molecule has 3 atom stereocenters. The van der Waals surface area contributed by atoms with E-state index in [2.05, 4.69) is 6.92 Å². The first-order valence-corrected chi connectivity index (χ1v) is 7.69. The van der Waals surface area contributed by atoms with E-state index >= 15 is 0 Å². The molecular formula is C16H24ClNO. The van der Waals surface area contributed by atoms with Gasteiger partial charge in [-0.1, -0.05) is 37.4 Å². The normalized spacial score (nSPS) is 25.1. The molecule has 0 bridgehead atoms. The number of benzene rings is 1. The minimum atomic E-state index is -0.0410. The van der Waals surface area contributed by atoms with E-state index in [1.165, 1.54) is 25.7 Å². The quantitative estimate of drug-likeness (QED) is 0.868. The van der Waals surface area contributed by atoms with E-state index in [0.29, 0.717) is 11.1 Å². The molecule has 1 saturated carbocycles. The molecule has 0 radical (unpaired) electrons. The standard InChI is InChI=1S/C16H24ClNO/c1-3-12-5-4-6-13(9-12)19-14-7-8-15(11(2)18)16(17)10-14/h7-8,10-13H,3-6,9,18H2,1-2H3. The lowest BCUT2D eigenvalue weighted by Crippen LogP contribution is -2.25. The fourth-order valence-corrected chi connectivity index (χ4v) is 3.21. The molecule has 0 aromatic heterocycles. The lowest BCUT2D eigenvalue weighted by molar-refractivity contribution is 0.122. The summed E-state index contributed by atoms with van der Waals surface area (Å²) in [5.41, 5.74) is 6.84. The zero-order valence-corrected chi connectivity index (χ0v) is 12.6. The first kappa shape index (κ1) is 14.7. The van der Waals surface area contributed by atoms with Crippen molar-refractivity contribution < 1.29 is 4.74 Å². The highest BCUT2D eigenvalue weighted by Crippen LogP contribution is 2.31. The molecule has 0 spiro atoms. The second-order valence-corrected chi connectivity index (χ2v) is 6.06. The minimum absolute atomic E-state index is 0.0410. The van der Waals surface area contributed by atoms with Gasteiger partial charge < -0.3 is 10.5 Å². The summed E-state index contributed by atoms with van der Waals surface area (Å²) in [6, 6.07) is 5.82. The van der Waals surface area contributed by atoms with Gasteiger partial charge in [0.05, 0.1) is 6.10 Å². The Morgan fingerprint density at radius 3 is 2.84 bits per heavy atom. The Morgan fingerprint density at radius 2 is 2.21 bits per heavy atom. The molecule has 106 valence electrons. The van der Waals surface area contributed by atoms with Crippen LogP contribution in [0.4, 0.5) is 0 Å². The Labute approximate surface area is 121 Å². The topological polar surface area (TPSA) is 35.2 Å². The van der Waals surface area contributed by atoms with Crippen molar-refractivity contribution in [1.82, 2.24) is 0 Å². The van der Waals surface area contributed by atoms with E-state index in [-0.39, 0.29) is 6.04 Å². The fraction of sp³-hybridized carbons (Fsp3) is 0.625. The van der Waals surface area contributed by atoms with E-state index in [1.54, 1.807) is 0 Å². The molecule has 2 N–H and O–H groups in total. The number of ether oxygens (including phenoxy) is 1. The van der Waals surface area contributed by atoms with Gasteiger partial charge in [-0.15, -0.1) is 0 Å². The Morgan fingerprint density at radius 1 is 1.42 bits per heavy atom. The summed E-state index contributed by atoms with van der Waals surface area (Å²) in [4.78, 5) is 0. The molecule has 0 amide bonds. The third kappa shape index (κ3) is 3.87. The van der Waals surface area contributed by atoms with Gasteiger partial charge in [-0.25, -0.2) is 0 Å². The lowest BCUT2D eigenvalue weighted by Gasteiger charge is -2.29. The summed E-state index contributed by atoms with van der Waals surface area (Å²) in [5.74, 6) is 1.69. The zero-order valence-electron chi connectivity index (χ0n) is 11.9. The van der Waals surface area contributed by atoms with E-state index in [4.69, 9.17) is 22.1 Å². The summed E-state index contributed by atoms with van der Waals surface area (Å²) in [5, 5.41) is 0.704. The SMILES string of the molecule is CCC1CCCC(Oc2ccc(C(C)N)c(Cl)c2)C1. The van der Waals surface area contributed by atoms with Gasteiger partial charge in [-0.2, -0.15) is 0 Å². The molecule has 3 heteroatoms. The second-order valence-electron chi connectivity index (χ2n) is 5.65. The molecule has 0 aliphatic heterocycles. The Hall–Kier alpha value is -0.730. The minimum Gasteiger partial charge on any atom is -0.490 e. The van der Waals surface area contributed by atoms with Crippen molar-refractivity contribution in [2.24, 2.45) is 11.7 Å². The Bertz CT molecular complexity index is 419. The summed E-state index contributed by atoms with van der Waals surface area (Å²) >= 11 is 6.24. The van der Waals surface area contributed by atoms with Gasteiger partial charge in [0.2, 0.25) is 0 Å². The smallest absolute Gasteiger partial charge is 0.121 e. The van der Waals surface area contributed by atoms with Crippen LogP contribution in [0.2, 0.25) is 5.02 Å². The van der Waals surface area contributed by atoms with Crippen LogP contribution in [0.25, 0.3) is 0 Å². The van der Waals surface area contributed by atoms with Crippen LogP contribution in [0.3, 0.4) is 0 Å². The maximum absolute atomic E-state index is 6.24.